The van der Waals surface area contributed by atoms with E-state index in [1.54, 1.807) is 0 Å². The predicted molar refractivity (Wildman–Crippen MR) is 72.1 cm³/mol. The lowest BCUT2D eigenvalue weighted by molar-refractivity contribution is -0.0690. The van der Waals surface area contributed by atoms with Crippen LogP contribution in [0.5, 0.6) is 0 Å². The molecule has 1 saturated heterocycles. The van der Waals surface area contributed by atoms with Gasteiger partial charge in [0, 0.05) is 18.6 Å². The van der Waals surface area contributed by atoms with E-state index in [1.165, 1.54) is 12.8 Å². The summed E-state index contributed by atoms with van der Waals surface area (Å²) >= 11 is 0. The molecule has 0 bridgehead atoms. The van der Waals surface area contributed by atoms with Gasteiger partial charge in [-0.15, -0.1) is 0 Å². The summed E-state index contributed by atoms with van der Waals surface area (Å²) in [6.07, 6.45) is 3.30. The Kier molecular flexibility index (Phi) is 3.84. The Balaban J connectivity index is 1.83. The third-order valence-corrected chi connectivity index (χ3v) is 4.27. The molecule has 3 unspecified atom stereocenters. The van der Waals surface area contributed by atoms with Gasteiger partial charge in [0.1, 0.15) is 0 Å². The van der Waals surface area contributed by atoms with Crippen molar-refractivity contribution in [1.82, 2.24) is 4.90 Å². The highest BCUT2D eigenvalue weighted by Crippen LogP contribution is 2.47. The summed E-state index contributed by atoms with van der Waals surface area (Å²) in [7, 11) is 0. The van der Waals surface area contributed by atoms with Crippen LogP contribution in [0.3, 0.4) is 0 Å². The molecule has 1 saturated carbocycles. The van der Waals surface area contributed by atoms with Crippen LogP contribution in [0.2, 0.25) is 0 Å². The second-order valence-electron chi connectivity index (χ2n) is 7.32. The molecule has 17 heavy (non-hydrogen) atoms. The van der Waals surface area contributed by atoms with E-state index in [0.29, 0.717) is 11.6 Å². The van der Waals surface area contributed by atoms with Crippen molar-refractivity contribution >= 4 is 0 Å². The molecular formula is C15H29NO. The van der Waals surface area contributed by atoms with Crippen LogP contribution in [0.15, 0.2) is 0 Å². The third kappa shape index (κ3) is 3.45. The molecule has 0 N–H and O–H groups in total. The SMILES string of the molecule is CC(C)CC1CC1C1CN(C(C)(C)C)CCO1. The van der Waals surface area contributed by atoms with Crippen LogP contribution in [0.25, 0.3) is 0 Å². The molecule has 0 radical (unpaired) electrons. The minimum absolute atomic E-state index is 0.296. The predicted octanol–water partition coefficient (Wildman–Crippen LogP) is 3.17. The van der Waals surface area contributed by atoms with E-state index < -0.39 is 0 Å². The molecule has 0 aromatic heterocycles. The zero-order chi connectivity index (χ0) is 12.6. The van der Waals surface area contributed by atoms with Gasteiger partial charge in [-0.05, 0) is 51.4 Å². The highest BCUT2D eigenvalue weighted by atomic mass is 16.5. The minimum atomic E-state index is 0.296. The molecule has 2 fully saturated rings. The van der Waals surface area contributed by atoms with Crippen LogP contribution < -0.4 is 0 Å². The van der Waals surface area contributed by atoms with E-state index in [2.05, 4.69) is 39.5 Å². The summed E-state index contributed by atoms with van der Waals surface area (Å²) < 4.78 is 6.00. The molecule has 1 aliphatic carbocycles. The molecule has 0 aromatic carbocycles. The van der Waals surface area contributed by atoms with E-state index in [4.69, 9.17) is 4.74 Å². The van der Waals surface area contributed by atoms with Gasteiger partial charge in [0.25, 0.3) is 0 Å². The standard InChI is InChI=1S/C15H29NO/c1-11(2)8-12-9-13(12)14-10-16(6-7-17-14)15(3,4)5/h11-14H,6-10H2,1-5H3. The topological polar surface area (TPSA) is 12.5 Å². The van der Waals surface area contributed by atoms with Crippen molar-refractivity contribution in [2.75, 3.05) is 19.7 Å². The number of rotatable bonds is 3. The molecule has 2 nitrogen and oxygen atoms in total. The zero-order valence-corrected chi connectivity index (χ0v) is 12.2. The lowest BCUT2D eigenvalue weighted by atomic mass is 10.0. The maximum Gasteiger partial charge on any atom is 0.0733 e. The number of ether oxygens (including phenoxy) is 1. The molecule has 0 spiro atoms. The maximum absolute atomic E-state index is 6.00. The summed E-state index contributed by atoms with van der Waals surface area (Å²) in [5.74, 6) is 2.63. The van der Waals surface area contributed by atoms with Crippen molar-refractivity contribution in [3.05, 3.63) is 0 Å². The summed E-state index contributed by atoms with van der Waals surface area (Å²) in [6.45, 7) is 14.8. The first-order chi connectivity index (χ1) is 7.88. The Morgan fingerprint density at radius 1 is 1.29 bits per heavy atom. The Morgan fingerprint density at radius 2 is 2.00 bits per heavy atom. The monoisotopic (exact) mass is 239 g/mol. The fraction of sp³-hybridized carbons (Fsp3) is 1.00. The first kappa shape index (κ1) is 13.4. The number of nitrogens with zero attached hydrogens (tertiary/aromatic N) is 1. The van der Waals surface area contributed by atoms with Crippen molar-refractivity contribution in [2.24, 2.45) is 17.8 Å². The smallest absolute Gasteiger partial charge is 0.0733 e. The van der Waals surface area contributed by atoms with Crippen LogP contribution in [0.1, 0.15) is 47.5 Å². The summed E-state index contributed by atoms with van der Waals surface area (Å²) in [5, 5.41) is 0. The summed E-state index contributed by atoms with van der Waals surface area (Å²) in [5.41, 5.74) is 0.296. The van der Waals surface area contributed by atoms with Crippen molar-refractivity contribution in [2.45, 2.75) is 59.1 Å². The highest BCUT2D eigenvalue weighted by molar-refractivity contribution is 4.96. The molecule has 100 valence electrons. The van der Waals surface area contributed by atoms with Gasteiger partial charge < -0.3 is 4.74 Å². The van der Waals surface area contributed by atoms with Gasteiger partial charge in [0.15, 0.2) is 0 Å². The summed E-state index contributed by atoms with van der Waals surface area (Å²) in [6, 6.07) is 0. The first-order valence-electron chi connectivity index (χ1n) is 7.24. The van der Waals surface area contributed by atoms with Crippen LogP contribution >= 0.6 is 0 Å². The summed E-state index contributed by atoms with van der Waals surface area (Å²) in [4.78, 5) is 2.59. The fourth-order valence-electron chi connectivity index (χ4n) is 3.15. The molecule has 2 rings (SSSR count). The lowest BCUT2D eigenvalue weighted by Crippen LogP contribution is -2.52. The van der Waals surface area contributed by atoms with Crippen molar-refractivity contribution in [1.29, 1.82) is 0 Å². The van der Waals surface area contributed by atoms with Crippen LogP contribution in [0.4, 0.5) is 0 Å². The second-order valence-corrected chi connectivity index (χ2v) is 7.32. The molecule has 0 aromatic rings. The maximum atomic E-state index is 6.00. The van der Waals surface area contributed by atoms with Crippen LogP contribution in [-0.2, 0) is 4.74 Å². The molecule has 0 amide bonds. The average molecular weight is 239 g/mol. The number of hydrogen-bond donors (Lipinski definition) is 0. The van der Waals surface area contributed by atoms with E-state index in [9.17, 15) is 0 Å². The normalized spacial score (nSPS) is 35.3. The second kappa shape index (κ2) is 4.89. The molecule has 1 heterocycles. The molecular weight excluding hydrogens is 210 g/mol. The lowest BCUT2D eigenvalue weighted by Gasteiger charge is -2.41. The molecule has 2 heteroatoms. The van der Waals surface area contributed by atoms with Crippen molar-refractivity contribution in [3.8, 4) is 0 Å². The average Bonchev–Trinajstić information content (AvgIpc) is 2.95. The van der Waals surface area contributed by atoms with E-state index in [-0.39, 0.29) is 0 Å². The number of hydrogen-bond acceptors (Lipinski definition) is 2. The van der Waals surface area contributed by atoms with Crippen LogP contribution in [-0.4, -0.2) is 36.2 Å². The van der Waals surface area contributed by atoms with Gasteiger partial charge >= 0.3 is 0 Å². The van der Waals surface area contributed by atoms with Crippen molar-refractivity contribution in [3.63, 3.8) is 0 Å². The van der Waals surface area contributed by atoms with Gasteiger partial charge in [-0.1, -0.05) is 13.8 Å². The minimum Gasteiger partial charge on any atom is -0.375 e. The first-order valence-corrected chi connectivity index (χ1v) is 7.24. The Labute approximate surface area is 107 Å². The van der Waals surface area contributed by atoms with Crippen LogP contribution in [0, 0.1) is 17.8 Å². The number of morpholine rings is 1. The largest absolute Gasteiger partial charge is 0.375 e. The molecule has 1 aliphatic heterocycles. The van der Waals surface area contributed by atoms with E-state index in [1.807, 2.05) is 0 Å². The highest BCUT2D eigenvalue weighted by Gasteiger charge is 2.45. The molecule has 2 aliphatic rings. The quantitative estimate of drug-likeness (QED) is 0.750. The Hall–Kier alpha value is -0.0800. The van der Waals surface area contributed by atoms with Gasteiger partial charge in [-0.2, -0.15) is 0 Å². The van der Waals surface area contributed by atoms with Gasteiger partial charge in [-0.3, -0.25) is 4.90 Å². The van der Waals surface area contributed by atoms with Gasteiger partial charge in [0.05, 0.1) is 12.7 Å². The zero-order valence-electron chi connectivity index (χ0n) is 12.2. The third-order valence-electron chi connectivity index (χ3n) is 4.27. The fourth-order valence-corrected chi connectivity index (χ4v) is 3.15. The van der Waals surface area contributed by atoms with Crippen molar-refractivity contribution < 1.29 is 4.74 Å². The van der Waals surface area contributed by atoms with Gasteiger partial charge in [0.2, 0.25) is 0 Å². The molecule has 3 atom stereocenters. The Morgan fingerprint density at radius 3 is 2.59 bits per heavy atom. The Bertz CT molecular complexity index is 256. The van der Waals surface area contributed by atoms with E-state index in [0.717, 1.165) is 37.5 Å². The van der Waals surface area contributed by atoms with E-state index >= 15 is 0 Å². The van der Waals surface area contributed by atoms with Gasteiger partial charge in [-0.25, -0.2) is 0 Å².